The quantitative estimate of drug-likeness (QED) is 0.858. The number of aliphatic hydroxyl groups is 1. The average molecular weight is 314 g/mol. The van der Waals surface area contributed by atoms with Crippen LogP contribution in [0.3, 0.4) is 0 Å². The molecule has 0 aliphatic heterocycles. The first-order valence-corrected chi connectivity index (χ1v) is 7.42. The molecule has 1 aliphatic rings. The lowest BCUT2D eigenvalue weighted by molar-refractivity contribution is 0.0234. The third-order valence-electron chi connectivity index (χ3n) is 4.08. The zero-order valence-electron chi connectivity index (χ0n) is 12.7. The molecule has 1 amide bonds. The standard InChI is InChI=1S/C16H18N4O3/c1-23-14-6-12(7-17-9-14)15(11-4-13(21)5-11)20-16(22)10-2-3-18-19-8-10/h2-3,6-9,11,13,15,21H,4-5H2,1H3,(H,20,22)/t11?,13?,15-/m0/s1. The van der Waals surface area contributed by atoms with E-state index in [1.54, 1.807) is 25.6 Å². The van der Waals surface area contributed by atoms with Crippen molar-refractivity contribution in [2.24, 2.45) is 5.92 Å². The number of aromatic nitrogens is 3. The second kappa shape index (κ2) is 6.70. The molecule has 1 aliphatic carbocycles. The molecule has 7 heteroatoms. The van der Waals surface area contributed by atoms with Crippen molar-refractivity contribution in [2.45, 2.75) is 25.0 Å². The molecule has 3 rings (SSSR count). The van der Waals surface area contributed by atoms with Gasteiger partial charge in [-0.3, -0.25) is 9.78 Å². The van der Waals surface area contributed by atoms with E-state index in [-0.39, 0.29) is 24.0 Å². The van der Waals surface area contributed by atoms with Crippen molar-refractivity contribution in [3.63, 3.8) is 0 Å². The number of ether oxygens (including phenoxy) is 1. The Kier molecular flexibility index (Phi) is 4.47. The van der Waals surface area contributed by atoms with E-state index in [9.17, 15) is 9.90 Å². The molecule has 0 unspecified atom stereocenters. The van der Waals surface area contributed by atoms with Crippen LogP contribution in [0.15, 0.2) is 36.9 Å². The number of hydrogen-bond donors (Lipinski definition) is 2. The highest BCUT2D eigenvalue weighted by molar-refractivity contribution is 5.94. The number of carbonyl (C=O) groups is 1. The predicted octanol–water partition coefficient (Wildman–Crippen LogP) is 1.12. The number of nitrogens with one attached hydrogen (secondary N) is 1. The number of methoxy groups -OCH3 is 1. The molecule has 2 heterocycles. The Morgan fingerprint density at radius 1 is 1.35 bits per heavy atom. The Bertz CT molecular complexity index is 674. The highest BCUT2D eigenvalue weighted by Gasteiger charge is 2.36. The molecule has 0 saturated heterocycles. The van der Waals surface area contributed by atoms with Gasteiger partial charge in [0.2, 0.25) is 0 Å². The molecule has 7 nitrogen and oxygen atoms in total. The van der Waals surface area contributed by atoms with Crippen LogP contribution < -0.4 is 10.1 Å². The first-order chi connectivity index (χ1) is 11.2. The van der Waals surface area contributed by atoms with E-state index in [1.807, 2.05) is 6.07 Å². The number of amides is 1. The summed E-state index contributed by atoms with van der Waals surface area (Å²) in [7, 11) is 1.57. The van der Waals surface area contributed by atoms with Gasteiger partial charge in [0, 0.05) is 6.20 Å². The lowest BCUT2D eigenvalue weighted by Crippen LogP contribution is -2.41. The van der Waals surface area contributed by atoms with Gasteiger partial charge in [-0.25, -0.2) is 0 Å². The van der Waals surface area contributed by atoms with Crippen molar-refractivity contribution in [3.05, 3.63) is 48.0 Å². The summed E-state index contributed by atoms with van der Waals surface area (Å²) in [6.45, 7) is 0. The van der Waals surface area contributed by atoms with Crippen LogP contribution in [0, 0.1) is 5.92 Å². The molecule has 0 bridgehead atoms. The minimum Gasteiger partial charge on any atom is -0.495 e. The highest BCUT2D eigenvalue weighted by Crippen LogP contribution is 2.38. The van der Waals surface area contributed by atoms with Crippen LogP contribution >= 0.6 is 0 Å². The van der Waals surface area contributed by atoms with Crippen LogP contribution in [0.5, 0.6) is 5.75 Å². The van der Waals surface area contributed by atoms with Gasteiger partial charge in [0.15, 0.2) is 0 Å². The van der Waals surface area contributed by atoms with Gasteiger partial charge < -0.3 is 15.2 Å². The van der Waals surface area contributed by atoms with E-state index in [0.717, 1.165) is 5.56 Å². The second-order valence-electron chi connectivity index (χ2n) is 5.63. The number of hydrogen-bond acceptors (Lipinski definition) is 6. The molecule has 23 heavy (non-hydrogen) atoms. The lowest BCUT2D eigenvalue weighted by atomic mass is 9.75. The summed E-state index contributed by atoms with van der Waals surface area (Å²) in [4.78, 5) is 16.6. The van der Waals surface area contributed by atoms with E-state index < -0.39 is 0 Å². The number of aliphatic hydroxyl groups excluding tert-OH is 1. The zero-order chi connectivity index (χ0) is 16.2. The van der Waals surface area contributed by atoms with Crippen LogP contribution in [0.2, 0.25) is 0 Å². The van der Waals surface area contributed by atoms with Crippen LogP contribution in [0.25, 0.3) is 0 Å². The maximum Gasteiger partial charge on any atom is 0.253 e. The van der Waals surface area contributed by atoms with Crippen molar-refractivity contribution in [1.29, 1.82) is 0 Å². The summed E-state index contributed by atoms with van der Waals surface area (Å²) in [6.07, 6.45) is 7.22. The van der Waals surface area contributed by atoms with Gasteiger partial charge in [0.05, 0.1) is 43.4 Å². The molecule has 2 aromatic rings. The molecule has 1 fully saturated rings. The molecule has 0 aromatic carbocycles. The number of carbonyl (C=O) groups excluding carboxylic acids is 1. The molecule has 2 N–H and O–H groups in total. The van der Waals surface area contributed by atoms with Crippen LogP contribution in [-0.4, -0.2) is 39.4 Å². The summed E-state index contributed by atoms with van der Waals surface area (Å²) in [5.74, 6) is 0.568. The SMILES string of the molecule is COc1cncc([C@@H](NC(=O)c2ccnnc2)C2CC(O)C2)c1. The van der Waals surface area contributed by atoms with Crippen LogP contribution in [0.1, 0.15) is 34.8 Å². The van der Waals surface area contributed by atoms with Gasteiger partial charge >= 0.3 is 0 Å². The fourth-order valence-corrected chi connectivity index (χ4v) is 2.74. The van der Waals surface area contributed by atoms with E-state index in [2.05, 4.69) is 20.5 Å². The number of pyridine rings is 1. The molecular weight excluding hydrogens is 296 g/mol. The summed E-state index contributed by atoms with van der Waals surface area (Å²) in [5.41, 5.74) is 1.30. The third-order valence-corrected chi connectivity index (χ3v) is 4.08. The van der Waals surface area contributed by atoms with Crippen molar-refractivity contribution >= 4 is 5.91 Å². The average Bonchev–Trinajstić information content (AvgIpc) is 2.58. The third kappa shape index (κ3) is 3.45. The molecule has 0 radical (unpaired) electrons. The van der Waals surface area contributed by atoms with Gasteiger partial charge in [-0.2, -0.15) is 10.2 Å². The molecule has 2 aromatic heterocycles. The van der Waals surface area contributed by atoms with Gasteiger partial charge in [-0.1, -0.05) is 0 Å². The van der Waals surface area contributed by atoms with E-state index in [4.69, 9.17) is 4.74 Å². The van der Waals surface area contributed by atoms with E-state index in [0.29, 0.717) is 24.2 Å². The minimum atomic E-state index is -0.305. The largest absolute Gasteiger partial charge is 0.495 e. The monoisotopic (exact) mass is 314 g/mol. The van der Waals surface area contributed by atoms with Crippen molar-refractivity contribution in [2.75, 3.05) is 7.11 Å². The first-order valence-electron chi connectivity index (χ1n) is 7.42. The minimum absolute atomic E-state index is 0.164. The maximum absolute atomic E-state index is 12.4. The number of nitrogens with zero attached hydrogens (tertiary/aromatic N) is 3. The van der Waals surface area contributed by atoms with E-state index >= 15 is 0 Å². The van der Waals surface area contributed by atoms with Crippen LogP contribution in [-0.2, 0) is 0 Å². The summed E-state index contributed by atoms with van der Waals surface area (Å²) in [6, 6.07) is 3.23. The Balaban J connectivity index is 1.82. The fourth-order valence-electron chi connectivity index (χ4n) is 2.74. The normalized spacial score (nSPS) is 21.1. The molecule has 1 saturated carbocycles. The molecular formula is C16H18N4O3. The van der Waals surface area contributed by atoms with Crippen LogP contribution in [0.4, 0.5) is 0 Å². The Morgan fingerprint density at radius 3 is 2.83 bits per heavy atom. The van der Waals surface area contributed by atoms with Gasteiger partial charge in [-0.05, 0) is 36.5 Å². The van der Waals surface area contributed by atoms with Gasteiger partial charge in [-0.15, -0.1) is 0 Å². The highest BCUT2D eigenvalue weighted by atomic mass is 16.5. The van der Waals surface area contributed by atoms with Crippen molar-refractivity contribution in [1.82, 2.24) is 20.5 Å². The Morgan fingerprint density at radius 2 is 2.17 bits per heavy atom. The second-order valence-corrected chi connectivity index (χ2v) is 5.63. The van der Waals surface area contributed by atoms with Crippen molar-refractivity contribution < 1.29 is 14.6 Å². The van der Waals surface area contributed by atoms with Gasteiger partial charge in [0.1, 0.15) is 5.75 Å². The predicted molar refractivity (Wildman–Crippen MR) is 81.8 cm³/mol. The smallest absolute Gasteiger partial charge is 0.253 e. The maximum atomic E-state index is 12.4. The van der Waals surface area contributed by atoms with Gasteiger partial charge in [0.25, 0.3) is 5.91 Å². The first kappa shape index (κ1) is 15.4. The Hall–Kier alpha value is -2.54. The zero-order valence-corrected chi connectivity index (χ0v) is 12.7. The molecule has 1 atom stereocenters. The molecule has 120 valence electrons. The molecule has 0 spiro atoms. The number of rotatable bonds is 5. The summed E-state index contributed by atoms with van der Waals surface area (Å²) in [5, 5.41) is 20.0. The fraction of sp³-hybridized carbons (Fsp3) is 0.375. The lowest BCUT2D eigenvalue weighted by Gasteiger charge is -2.38. The Labute approximate surface area is 133 Å². The van der Waals surface area contributed by atoms with E-state index in [1.165, 1.54) is 12.4 Å². The summed E-state index contributed by atoms with van der Waals surface area (Å²) >= 11 is 0. The topological polar surface area (TPSA) is 97.2 Å². The summed E-state index contributed by atoms with van der Waals surface area (Å²) < 4.78 is 5.20. The van der Waals surface area contributed by atoms with Crippen molar-refractivity contribution in [3.8, 4) is 5.75 Å².